The number of thiazole rings is 1. The third-order valence-corrected chi connectivity index (χ3v) is 4.79. The van der Waals surface area contributed by atoms with Crippen molar-refractivity contribution in [2.75, 3.05) is 0 Å². The average molecular weight is 302 g/mol. The van der Waals surface area contributed by atoms with E-state index in [0.717, 1.165) is 20.3 Å². The molecule has 0 bridgehead atoms. The summed E-state index contributed by atoms with van der Waals surface area (Å²) in [5.41, 5.74) is 1.92. The molecule has 2 aromatic heterocycles. The first kappa shape index (κ1) is 13.1. The van der Waals surface area contributed by atoms with Crippen LogP contribution in [-0.2, 0) is 0 Å². The van der Waals surface area contributed by atoms with Crippen LogP contribution in [0.3, 0.4) is 0 Å². The fourth-order valence-electron chi connectivity index (χ4n) is 1.75. The topological polar surface area (TPSA) is 63.1 Å². The van der Waals surface area contributed by atoms with Gasteiger partial charge in [-0.2, -0.15) is 0 Å². The van der Waals surface area contributed by atoms with Crippen LogP contribution in [0.5, 0.6) is 0 Å². The number of hydrogen-bond donors (Lipinski definition) is 1. The standard InChI is InChI=1S/C14H10N2O2S2/c1-8-6-7-9(13(17)18)12(15-8)20-14-16-10-4-2-3-5-11(10)19-14/h2-7H,1H3,(H,17,18). The summed E-state index contributed by atoms with van der Waals surface area (Å²) in [6.45, 7) is 1.84. The van der Waals surface area contributed by atoms with E-state index in [4.69, 9.17) is 0 Å². The molecular weight excluding hydrogens is 292 g/mol. The van der Waals surface area contributed by atoms with Gasteiger partial charge in [-0.05, 0) is 43.0 Å². The number of rotatable bonds is 3. The van der Waals surface area contributed by atoms with Crippen LogP contribution in [0.4, 0.5) is 0 Å². The highest BCUT2D eigenvalue weighted by Crippen LogP contribution is 2.35. The van der Waals surface area contributed by atoms with Gasteiger partial charge >= 0.3 is 5.97 Å². The second kappa shape index (κ2) is 5.22. The SMILES string of the molecule is Cc1ccc(C(=O)O)c(Sc2nc3ccccc3s2)n1. The number of aromatic nitrogens is 2. The van der Waals surface area contributed by atoms with Crippen LogP contribution < -0.4 is 0 Å². The number of hydrogen-bond acceptors (Lipinski definition) is 5. The molecule has 1 aromatic carbocycles. The summed E-state index contributed by atoms with van der Waals surface area (Å²) in [4.78, 5) is 20.0. The molecule has 0 saturated heterocycles. The van der Waals surface area contributed by atoms with Crippen molar-refractivity contribution in [1.82, 2.24) is 9.97 Å². The molecule has 4 nitrogen and oxygen atoms in total. The van der Waals surface area contributed by atoms with Crippen molar-refractivity contribution in [1.29, 1.82) is 0 Å². The van der Waals surface area contributed by atoms with Crippen molar-refractivity contribution in [2.24, 2.45) is 0 Å². The fourth-order valence-corrected chi connectivity index (χ4v) is 3.89. The van der Waals surface area contributed by atoms with Gasteiger partial charge in [0, 0.05) is 5.69 Å². The molecule has 0 saturated carbocycles. The molecule has 100 valence electrons. The highest BCUT2D eigenvalue weighted by Gasteiger charge is 2.15. The van der Waals surface area contributed by atoms with Gasteiger partial charge in [0.1, 0.15) is 5.03 Å². The van der Waals surface area contributed by atoms with E-state index in [1.807, 2.05) is 31.2 Å². The first-order valence-corrected chi connectivity index (χ1v) is 7.51. The summed E-state index contributed by atoms with van der Waals surface area (Å²) >= 11 is 2.84. The first-order valence-electron chi connectivity index (χ1n) is 5.88. The number of fused-ring (bicyclic) bond motifs is 1. The number of benzene rings is 1. The number of aromatic carboxylic acids is 1. The largest absolute Gasteiger partial charge is 0.478 e. The van der Waals surface area contributed by atoms with Crippen LogP contribution in [-0.4, -0.2) is 21.0 Å². The minimum absolute atomic E-state index is 0.208. The van der Waals surface area contributed by atoms with Crippen molar-refractivity contribution < 1.29 is 9.90 Å². The Hall–Kier alpha value is -1.92. The highest BCUT2D eigenvalue weighted by atomic mass is 32.2. The minimum Gasteiger partial charge on any atom is -0.478 e. The lowest BCUT2D eigenvalue weighted by Crippen LogP contribution is -2.01. The molecule has 0 unspecified atom stereocenters. The summed E-state index contributed by atoms with van der Waals surface area (Å²) in [7, 11) is 0. The summed E-state index contributed by atoms with van der Waals surface area (Å²) in [6.07, 6.45) is 0. The number of aryl methyl sites for hydroxylation is 1. The Morgan fingerprint density at radius 3 is 2.75 bits per heavy atom. The van der Waals surface area contributed by atoms with Crippen LogP contribution in [0.15, 0.2) is 45.8 Å². The van der Waals surface area contributed by atoms with Crippen LogP contribution >= 0.6 is 23.1 Å². The number of nitrogens with zero attached hydrogens (tertiary/aromatic N) is 2. The van der Waals surface area contributed by atoms with Crippen molar-refractivity contribution in [3.63, 3.8) is 0 Å². The van der Waals surface area contributed by atoms with E-state index in [0.29, 0.717) is 5.03 Å². The molecule has 0 spiro atoms. The Morgan fingerprint density at radius 1 is 1.20 bits per heavy atom. The number of pyridine rings is 1. The van der Waals surface area contributed by atoms with Gasteiger partial charge in [0.2, 0.25) is 0 Å². The molecule has 0 radical (unpaired) electrons. The Morgan fingerprint density at radius 2 is 2.00 bits per heavy atom. The van der Waals surface area contributed by atoms with E-state index in [9.17, 15) is 9.90 Å². The Labute approximate surface area is 123 Å². The van der Waals surface area contributed by atoms with Crippen LogP contribution in [0.25, 0.3) is 10.2 Å². The van der Waals surface area contributed by atoms with Gasteiger partial charge in [-0.25, -0.2) is 14.8 Å². The summed E-state index contributed by atoms with van der Waals surface area (Å²) < 4.78 is 1.88. The van der Waals surface area contributed by atoms with Crippen molar-refractivity contribution >= 4 is 39.3 Å². The van der Waals surface area contributed by atoms with Crippen molar-refractivity contribution in [3.8, 4) is 0 Å². The van der Waals surface area contributed by atoms with Gasteiger partial charge in [0.15, 0.2) is 4.34 Å². The maximum Gasteiger partial charge on any atom is 0.338 e. The average Bonchev–Trinajstić information content (AvgIpc) is 2.80. The summed E-state index contributed by atoms with van der Waals surface area (Å²) in [5, 5.41) is 9.69. The zero-order valence-corrected chi connectivity index (χ0v) is 12.2. The molecule has 1 N–H and O–H groups in total. The first-order chi connectivity index (χ1) is 9.63. The van der Waals surface area contributed by atoms with Gasteiger partial charge in [0.25, 0.3) is 0 Å². The lowest BCUT2D eigenvalue weighted by atomic mass is 10.2. The third-order valence-electron chi connectivity index (χ3n) is 2.69. The molecule has 2 heterocycles. The van der Waals surface area contributed by atoms with E-state index < -0.39 is 5.97 Å². The molecule has 0 fully saturated rings. The zero-order valence-electron chi connectivity index (χ0n) is 10.5. The van der Waals surface area contributed by atoms with E-state index in [1.165, 1.54) is 23.1 Å². The van der Waals surface area contributed by atoms with Crippen molar-refractivity contribution in [2.45, 2.75) is 16.3 Å². The van der Waals surface area contributed by atoms with Crippen molar-refractivity contribution in [3.05, 3.63) is 47.7 Å². The number of para-hydroxylation sites is 1. The molecule has 0 aliphatic rings. The lowest BCUT2D eigenvalue weighted by molar-refractivity contribution is 0.0692. The Kier molecular flexibility index (Phi) is 3.42. The maximum absolute atomic E-state index is 11.2. The van der Waals surface area contributed by atoms with Crippen LogP contribution in [0, 0.1) is 6.92 Å². The van der Waals surface area contributed by atoms with Crippen LogP contribution in [0.1, 0.15) is 16.1 Å². The second-order valence-corrected chi connectivity index (χ2v) is 6.43. The molecular formula is C14H10N2O2S2. The van der Waals surface area contributed by atoms with Gasteiger partial charge in [-0.1, -0.05) is 12.1 Å². The predicted octanol–water partition coefficient (Wildman–Crippen LogP) is 3.85. The van der Waals surface area contributed by atoms with E-state index in [1.54, 1.807) is 12.1 Å². The molecule has 0 aliphatic heterocycles. The van der Waals surface area contributed by atoms with Gasteiger partial charge in [0.05, 0.1) is 15.8 Å². The third kappa shape index (κ3) is 2.52. The Bertz CT molecular complexity index is 766. The number of carboxylic acid groups (broad SMARTS) is 1. The quantitative estimate of drug-likeness (QED) is 0.796. The van der Waals surface area contributed by atoms with E-state index in [2.05, 4.69) is 9.97 Å². The number of carbonyl (C=O) groups is 1. The number of carboxylic acids is 1. The lowest BCUT2D eigenvalue weighted by Gasteiger charge is -2.03. The molecule has 0 aliphatic carbocycles. The van der Waals surface area contributed by atoms with Gasteiger partial charge < -0.3 is 5.11 Å². The van der Waals surface area contributed by atoms with Gasteiger partial charge in [-0.15, -0.1) is 11.3 Å². The van der Waals surface area contributed by atoms with Gasteiger partial charge in [-0.3, -0.25) is 0 Å². The zero-order chi connectivity index (χ0) is 14.1. The highest BCUT2D eigenvalue weighted by molar-refractivity contribution is 8.01. The molecule has 0 atom stereocenters. The van der Waals surface area contributed by atoms with Crippen LogP contribution in [0.2, 0.25) is 0 Å². The summed E-state index contributed by atoms with van der Waals surface area (Å²) in [6, 6.07) is 11.1. The smallest absolute Gasteiger partial charge is 0.338 e. The molecule has 3 aromatic rings. The monoisotopic (exact) mass is 302 g/mol. The molecule has 0 amide bonds. The molecule has 3 rings (SSSR count). The van der Waals surface area contributed by atoms with E-state index in [-0.39, 0.29) is 5.56 Å². The summed E-state index contributed by atoms with van der Waals surface area (Å²) in [5.74, 6) is -0.971. The fraction of sp³-hybridized carbons (Fsp3) is 0.0714. The predicted molar refractivity (Wildman–Crippen MR) is 79.7 cm³/mol. The normalized spacial score (nSPS) is 10.8. The Balaban J connectivity index is 2.01. The van der Waals surface area contributed by atoms with E-state index >= 15 is 0 Å². The maximum atomic E-state index is 11.2. The second-order valence-electron chi connectivity index (χ2n) is 4.16. The molecule has 6 heteroatoms. The minimum atomic E-state index is -0.971. The molecule has 20 heavy (non-hydrogen) atoms.